The highest BCUT2D eigenvalue weighted by Gasteiger charge is 2.21. The summed E-state index contributed by atoms with van der Waals surface area (Å²) in [5.74, 6) is 1.80. The van der Waals surface area contributed by atoms with Crippen molar-refractivity contribution < 1.29 is 9.53 Å². The zero-order valence-electron chi connectivity index (χ0n) is 15.8. The van der Waals surface area contributed by atoms with E-state index >= 15 is 0 Å². The van der Waals surface area contributed by atoms with Crippen molar-refractivity contribution in [1.29, 1.82) is 0 Å². The molecule has 0 saturated carbocycles. The molecule has 1 aromatic carbocycles. The lowest BCUT2D eigenvalue weighted by Gasteiger charge is -2.35. The van der Waals surface area contributed by atoms with Gasteiger partial charge >= 0.3 is 0 Å². The molecule has 1 amide bonds. The van der Waals surface area contributed by atoms with Crippen LogP contribution in [0.5, 0.6) is 5.75 Å². The average molecular weight is 398 g/mol. The van der Waals surface area contributed by atoms with Gasteiger partial charge in [-0.2, -0.15) is 0 Å². The fourth-order valence-corrected chi connectivity index (χ4v) is 4.08. The molecule has 28 heavy (non-hydrogen) atoms. The molecule has 146 valence electrons. The van der Waals surface area contributed by atoms with Gasteiger partial charge in [0.05, 0.1) is 18.5 Å². The topological polar surface area (TPSA) is 70.6 Å². The number of rotatable bonds is 6. The van der Waals surface area contributed by atoms with Crippen LogP contribution < -0.4 is 15.0 Å². The van der Waals surface area contributed by atoms with Crippen LogP contribution in [-0.4, -0.2) is 60.1 Å². The van der Waals surface area contributed by atoms with Crippen molar-refractivity contribution in [3.63, 3.8) is 0 Å². The van der Waals surface area contributed by atoms with Gasteiger partial charge in [-0.05, 0) is 42.6 Å². The molecule has 1 aliphatic rings. The summed E-state index contributed by atoms with van der Waals surface area (Å²) in [5.41, 5.74) is 0.785. The third-order valence-corrected chi connectivity index (χ3v) is 5.55. The Morgan fingerprint density at radius 2 is 1.93 bits per heavy atom. The third-order valence-electron chi connectivity index (χ3n) is 4.73. The predicted octanol–water partition coefficient (Wildman–Crippen LogP) is 2.85. The van der Waals surface area contributed by atoms with E-state index < -0.39 is 0 Å². The summed E-state index contributed by atoms with van der Waals surface area (Å²) in [5, 5.41) is 6.10. The summed E-state index contributed by atoms with van der Waals surface area (Å²) in [7, 11) is 0. The number of benzene rings is 1. The molecule has 0 atom stereocenters. The Kier molecular flexibility index (Phi) is 5.68. The fraction of sp³-hybridized carbons (Fsp3) is 0.350. The van der Waals surface area contributed by atoms with E-state index in [1.165, 1.54) is 0 Å². The second-order valence-corrected chi connectivity index (χ2v) is 7.50. The van der Waals surface area contributed by atoms with Gasteiger partial charge in [-0.1, -0.05) is 0 Å². The summed E-state index contributed by atoms with van der Waals surface area (Å²) >= 11 is 1.63. The number of aromatic nitrogens is 2. The smallest absolute Gasteiger partial charge is 0.238 e. The lowest BCUT2D eigenvalue weighted by Crippen LogP contribution is -2.49. The molecule has 1 fully saturated rings. The van der Waals surface area contributed by atoms with Crippen LogP contribution in [0.3, 0.4) is 0 Å². The van der Waals surface area contributed by atoms with E-state index in [0.717, 1.165) is 53.7 Å². The van der Waals surface area contributed by atoms with E-state index in [-0.39, 0.29) is 5.91 Å². The Labute approximate surface area is 168 Å². The minimum Gasteiger partial charge on any atom is -0.494 e. The fourth-order valence-electron chi connectivity index (χ4n) is 3.35. The molecule has 0 radical (unpaired) electrons. The van der Waals surface area contributed by atoms with Gasteiger partial charge in [0, 0.05) is 31.9 Å². The number of nitrogens with zero attached hydrogens (tertiary/aromatic N) is 4. The number of anilines is 2. The number of thiophene rings is 1. The highest BCUT2D eigenvalue weighted by atomic mass is 32.1. The summed E-state index contributed by atoms with van der Waals surface area (Å²) in [6.07, 6.45) is 1.63. The Bertz CT molecular complexity index is 935. The SMILES string of the molecule is CCOc1ccc(NC(=O)CN2CCN(c3ncnc4sccc34)CC2)cc1. The van der Waals surface area contributed by atoms with Crippen LogP contribution in [0.1, 0.15) is 6.92 Å². The summed E-state index contributed by atoms with van der Waals surface area (Å²) in [4.78, 5) is 26.6. The van der Waals surface area contributed by atoms with E-state index in [0.29, 0.717) is 13.2 Å². The van der Waals surface area contributed by atoms with Crippen LogP contribution in [0.2, 0.25) is 0 Å². The monoisotopic (exact) mass is 397 g/mol. The van der Waals surface area contributed by atoms with Crippen molar-refractivity contribution in [3.05, 3.63) is 42.0 Å². The zero-order valence-corrected chi connectivity index (χ0v) is 16.6. The molecule has 1 saturated heterocycles. The first-order valence-electron chi connectivity index (χ1n) is 9.41. The van der Waals surface area contributed by atoms with Crippen LogP contribution in [0.15, 0.2) is 42.0 Å². The Hall–Kier alpha value is -2.71. The first kappa shape index (κ1) is 18.6. The normalized spacial score (nSPS) is 15.0. The second-order valence-electron chi connectivity index (χ2n) is 6.61. The van der Waals surface area contributed by atoms with Crippen molar-refractivity contribution in [2.75, 3.05) is 49.5 Å². The molecule has 3 heterocycles. The number of fused-ring (bicyclic) bond motifs is 1. The lowest BCUT2D eigenvalue weighted by molar-refractivity contribution is -0.117. The van der Waals surface area contributed by atoms with Crippen LogP contribution in [-0.2, 0) is 4.79 Å². The van der Waals surface area contributed by atoms with Crippen molar-refractivity contribution in [2.24, 2.45) is 0 Å². The number of nitrogens with one attached hydrogen (secondary N) is 1. The molecular weight excluding hydrogens is 374 g/mol. The molecule has 1 N–H and O–H groups in total. The van der Waals surface area contributed by atoms with Gasteiger partial charge < -0.3 is 15.0 Å². The quantitative estimate of drug-likeness (QED) is 0.690. The largest absolute Gasteiger partial charge is 0.494 e. The first-order chi connectivity index (χ1) is 13.7. The highest BCUT2D eigenvalue weighted by molar-refractivity contribution is 7.16. The first-order valence-corrected chi connectivity index (χ1v) is 10.3. The summed E-state index contributed by atoms with van der Waals surface area (Å²) < 4.78 is 5.42. The minimum atomic E-state index is -0.000119. The van der Waals surface area contributed by atoms with E-state index in [1.54, 1.807) is 17.7 Å². The van der Waals surface area contributed by atoms with E-state index in [1.807, 2.05) is 36.6 Å². The van der Waals surface area contributed by atoms with Crippen LogP contribution in [0, 0.1) is 0 Å². The average Bonchev–Trinajstić information content (AvgIpc) is 3.19. The molecule has 0 bridgehead atoms. The van der Waals surface area contributed by atoms with E-state index in [9.17, 15) is 4.79 Å². The maximum atomic E-state index is 12.4. The van der Waals surface area contributed by atoms with Crippen molar-refractivity contribution in [1.82, 2.24) is 14.9 Å². The number of ether oxygens (including phenoxy) is 1. The number of hydrogen-bond acceptors (Lipinski definition) is 7. The third kappa shape index (κ3) is 4.23. The van der Waals surface area contributed by atoms with Gasteiger partial charge in [-0.3, -0.25) is 9.69 Å². The van der Waals surface area contributed by atoms with E-state index in [4.69, 9.17) is 4.74 Å². The predicted molar refractivity (Wildman–Crippen MR) is 112 cm³/mol. The van der Waals surface area contributed by atoms with Gasteiger partial charge in [-0.15, -0.1) is 11.3 Å². The molecule has 8 heteroatoms. The number of carbonyl (C=O) groups is 1. The van der Waals surface area contributed by atoms with Gasteiger partial charge in [0.2, 0.25) is 5.91 Å². The zero-order chi connectivity index (χ0) is 19.3. The van der Waals surface area contributed by atoms with Crippen LogP contribution >= 0.6 is 11.3 Å². The molecule has 0 unspecified atom stereocenters. The standard InChI is InChI=1S/C20H23N5O2S/c1-2-27-16-5-3-15(4-6-16)23-18(26)13-24-8-10-25(11-9-24)19-17-7-12-28-20(17)22-14-21-19/h3-7,12,14H,2,8-11,13H2,1H3,(H,23,26). The van der Waals surface area contributed by atoms with Gasteiger partial charge in [0.1, 0.15) is 22.7 Å². The maximum Gasteiger partial charge on any atom is 0.238 e. The van der Waals surface area contributed by atoms with Gasteiger partial charge in [0.15, 0.2) is 0 Å². The molecular formula is C20H23N5O2S. The number of piperazine rings is 1. The molecule has 0 spiro atoms. The summed E-state index contributed by atoms with van der Waals surface area (Å²) in [6.45, 7) is 6.31. The Morgan fingerprint density at radius 1 is 1.14 bits per heavy atom. The Morgan fingerprint density at radius 3 is 2.68 bits per heavy atom. The molecule has 2 aromatic heterocycles. The summed E-state index contributed by atoms with van der Waals surface area (Å²) in [6, 6.07) is 9.53. The minimum absolute atomic E-state index is 0.000119. The number of carbonyl (C=O) groups excluding carboxylic acids is 1. The lowest BCUT2D eigenvalue weighted by atomic mass is 10.2. The second kappa shape index (κ2) is 8.53. The van der Waals surface area contributed by atoms with Crippen LogP contribution in [0.4, 0.5) is 11.5 Å². The van der Waals surface area contributed by atoms with Crippen molar-refractivity contribution in [2.45, 2.75) is 6.92 Å². The van der Waals surface area contributed by atoms with Crippen molar-refractivity contribution >= 4 is 39.0 Å². The molecule has 4 rings (SSSR count). The molecule has 1 aliphatic heterocycles. The highest BCUT2D eigenvalue weighted by Crippen LogP contribution is 2.27. The van der Waals surface area contributed by atoms with Crippen molar-refractivity contribution in [3.8, 4) is 5.75 Å². The van der Waals surface area contributed by atoms with Gasteiger partial charge in [-0.25, -0.2) is 9.97 Å². The molecule has 0 aliphatic carbocycles. The van der Waals surface area contributed by atoms with E-state index in [2.05, 4.69) is 31.2 Å². The number of hydrogen-bond donors (Lipinski definition) is 1. The van der Waals surface area contributed by atoms with Gasteiger partial charge in [0.25, 0.3) is 0 Å². The molecule has 7 nitrogen and oxygen atoms in total. The number of amides is 1. The Balaban J connectivity index is 1.29. The maximum absolute atomic E-state index is 12.4. The van der Waals surface area contributed by atoms with Crippen LogP contribution in [0.25, 0.3) is 10.2 Å². The molecule has 3 aromatic rings.